The van der Waals surface area contributed by atoms with Gasteiger partial charge in [0.15, 0.2) is 6.10 Å². The Labute approximate surface area is 216 Å². The lowest BCUT2D eigenvalue weighted by Gasteiger charge is -2.29. The molecule has 0 aliphatic heterocycles. The normalized spacial score (nSPS) is 14.7. The second-order valence-electron chi connectivity index (χ2n) is 8.66. The van der Waals surface area contributed by atoms with Crippen molar-refractivity contribution in [1.29, 1.82) is 0 Å². The lowest BCUT2D eigenvalue weighted by atomic mass is 9.93. The van der Waals surface area contributed by atoms with Gasteiger partial charge in [-0.15, -0.1) is 0 Å². The van der Waals surface area contributed by atoms with Crippen LogP contribution in [0, 0.1) is 6.92 Å². The molecular weight excluding hydrogens is 548 g/mol. The van der Waals surface area contributed by atoms with Crippen molar-refractivity contribution in [2.75, 3.05) is 6.54 Å². The number of nitrogens with one attached hydrogen (secondary N) is 1. The van der Waals surface area contributed by atoms with Gasteiger partial charge in [0.1, 0.15) is 11.5 Å². The van der Waals surface area contributed by atoms with E-state index in [1.165, 1.54) is 24.3 Å². The van der Waals surface area contributed by atoms with E-state index in [2.05, 4.69) is 5.32 Å². The molecule has 212 valence electrons. The summed E-state index contributed by atoms with van der Waals surface area (Å²) in [5.41, 5.74) is -1.07. The summed E-state index contributed by atoms with van der Waals surface area (Å²) in [5, 5.41) is 11.7. The number of halogens is 10. The maximum Gasteiger partial charge on any atom is 0.460 e. The molecule has 3 nitrogen and oxygen atoms in total. The van der Waals surface area contributed by atoms with Crippen LogP contribution in [0.4, 0.5) is 43.9 Å². The lowest BCUT2D eigenvalue weighted by molar-refractivity contribution is -0.359. The van der Waals surface area contributed by atoms with E-state index < -0.39 is 48.5 Å². The molecule has 2 atom stereocenters. The van der Waals surface area contributed by atoms with Gasteiger partial charge >= 0.3 is 24.2 Å². The molecule has 3 aromatic carbocycles. The number of ether oxygens (including phenoxy) is 1. The Bertz CT molecular complexity index is 1260. The summed E-state index contributed by atoms with van der Waals surface area (Å²) in [6.45, 7) is 0.675. The van der Waals surface area contributed by atoms with Crippen LogP contribution in [-0.4, -0.2) is 36.0 Å². The molecule has 13 heteroatoms. The van der Waals surface area contributed by atoms with Gasteiger partial charge < -0.3 is 15.2 Å². The molecule has 0 aromatic heterocycles. The number of aryl methyl sites for hydroxylation is 1. The van der Waals surface area contributed by atoms with E-state index in [0.717, 1.165) is 17.7 Å². The predicted molar refractivity (Wildman–Crippen MR) is 121 cm³/mol. The van der Waals surface area contributed by atoms with Crippen LogP contribution in [0.15, 0.2) is 72.8 Å². The van der Waals surface area contributed by atoms with Crippen molar-refractivity contribution in [3.05, 3.63) is 95.1 Å². The molecule has 2 unspecified atom stereocenters. The van der Waals surface area contributed by atoms with Crippen LogP contribution < -0.4 is 10.1 Å². The number of alkyl halides is 10. The van der Waals surface area contributed by atoms with Crippen molar-refractivity contribution in [3.8, 4) is 11.5 Å². The molecule has 0 radical (unpaired) electrons. The summed E-state index contributed by atoms with van der Waals surface area (Å²) >= 11 is 0. The second-order valence-corrected chi connectivity index (χ2v) is 8.66. The van der Waals surface area contributed by atoms with Crippen molar-refractivity contribution >= 4 is 0 Å². The second kappa shape index (κ2) is 11.0. The number of hydrogen-bond acceptors (Lipinski definition) is 3. The fourth-order valence-electron chi connectivity index (χ4n) is 3.55. The smallest absolute Gasteiger partial charge is 0.457 e. The molecule has 0 saturated heterocycles. The quantitative estimate of drug-likeness (QED) is 0.260. The Morgan fingerprint density at radius 2 is 1.31 bits per heavy atom. The summed E-state index contributed by atoms with van der Waals surface area (Å²) in [5.74, 6) is -11.6. The minimum absolute atomic E-state index is 0.0806. The zero-order chi connectivity index (χ0) is 29.2. The first-order chi connectivity index (χ1) is 17.9. The molecule has 39 heavy (non-hydrogen) atoms. The van der Waals surface area contributed by atoms with E-state index in [-0.39, 0.29) is 16.9 Å². The average molecular weight is 569 g/mol. The largest absolute Gasteiger partial charge is 0.460 e. The van der Waals surface area contributed by atoms with Gasteiger partial charge in [-0.25, -0.2) is 0 Å². The minimum Gasteiger partial charge on any atom is -0.457 e. The third-order valence-corrected chi connectivity index (χ3v) is 5.67. The van der Waals surface area contributed by atoms with Gasteiger partial charge in [0.2, 0.25) is 0 Å². The predicted octanol–water partition coefficient (Wildman–Crippen LogP) is 7.68. The van der Waals surface area contributed by atoms with Crippen molar-refractivity contribution in [2.45, 2.75) is 43.3 Å². The van der Waals surface area contributed by atoms with Gasteiger partial charge in [-0.05, 0) is 48.4 Å². The van der Waals surface area contributed by atoms with Gasteiger partial charge in [0.05, 0.1) is 6.04 Å². The minimum atomic E-state index is -6.58. The highest BCUT2D eigenvalue weighted by Gasteiger charge is 2.73. The van der Waals surface area contributed by atoms with Crippen LogP contribution in [0.3, 0.4) is 0 Å². The van der Waals surface area contributed by atoms with Crippen molar-refractivity contribution in [1.82, 2.24) is 5.32 Å². The molecule has 0 aliphatic carbocycles. The molecule has 0 saturated carbocycles. The highest BCUT2D eigenvalue weighted by Crippen LogP contribution is 2.52. The summed E-state index contributed by atoms with van der Waals surface area (Å²) in [4.78, 5) is 0. The fraction of sp³-hybridized carbons (Fsp3) is 0.308. The average Bonchev–Trinajstić information content (AvgIpc) is 2.84. The Morgan fingerprint density at radius 1 is 0.744 bits per heavy atom. The molecule has 0 fully saturated rings. The molecule has 0 spiro atoms. The van der Waals surface area contributed by atoms with E-state index in [4.69, 9.17) is 4.74 Å². The van der Waals surface area contributed by atoms with E-state index in [1.807, 2.05) is 6.92 Å². The number of rotatable bonds is 9. The number of aliphatic hydroxyl groups excluding tert-OH is 1. The van der Waals surface area contributed by atoms with Crippen molar-refractivity contribution < 1.29 is 53.7 Å². The van der Waals surface area contributed by atoms with E-state index in [1.54, 1.807) is 24.3 Å². The fourth-order valence-corrected chi connectivity index (χ4v) is 3.55. The zero-order valence-corrected chi connectivity index (χ0v) is 19.9. The summed E-state index contributed by atoms with van der Waals surface area (Å²) in [6, 6.07) is 13.3. The molecule has 2 N–H and O–H groups in total. The first-order valence-electron chi connectivity index (χ1n) is 11.2. The maximum absolute atomic E-state index is 14.4. The SMILES string of the molecule is Cc1ccc(Oc2cccc(C(NCC(O)C(F)(F)F)c3cccc(C(F)(F)C(F)(F)C(F)(F)F)c3)c2)cc1. The first kappa shape index (κ1) is 30.2. The molecular formula is C26H21F10NO2. The Kier molecular flexibility index (Phi) is 8.56. The van der Waals surface area contributed by atoms with Gasteiger partial charge in [-0.2, -0.15) is 43.9 Å². The van der Waals surface area contributed by atoms with Gasteiger partial charge in [0, 0.05) is 12.1 Å². The van der Waals surface area contributed by atoms with Gasteiger partial charge in [-0.1, -0.05) is 48.0 Å². The van der Waals surface area contributed by atoms with Crippen LogP contribution in [-0.2, 0) is 5.92 Å². The van der Waals surface area contributed by atoms with Crippen LogP contribution in [0.1, 0.15) is 28.3 Å². The Balaban J connectivity index is 2.03. The number of hydrogen-bond donors (Lipinski definition) is 2. The molecule has 3 rings (SSSR count). The molecule has 0 aliphatic rings. The Morgan fingerprint density at radius 3 is 1.87 bits per heavy atom. The summed E-state index contributed by atoms with van der Waals surface area (Å²) in [6.07, 6.45) is -14.5. The molecule has 3 aromatic rings. The number of aliphatic hydroxyl groups is 1. The van der Waals surface area contributed by atoms with Crippen molar-refractivity contribution in [3.63, 3.8) is 0 Å². The summed E-state index contributed by atoms with van der Waals surface area (Å²) < 4.78 is 139. The zero-order valence-electron chi connectivity index (χ0n) is 19.9. The Hall–Kier alpha value is -3.32. The molecule has 0 bridgehead atoms. The maximum atomic E-state index is 14.4. The van der Waals surface area contributed by atoms with Crippen LogP contribution in [0.5, 0.6) is 11.5 Å². The van der Waals surface area contributed by atoms with E-state index in [9.17, 15) is 49.0 Å². The van der Waals surface area contributed by atoms with Gasteiger partial charge in [-0.3, -0.25) is 0 Å². The number of benzene rings is 3. The van der Waals surface area contributed by atoms with Gasteiger partial charge in [0.25, 0.3) is 0 Å². The van der Waals surface area contributed by atoms with Crippen LogP contribution in [0.2, 0.25) is 0 Å². The monoisotopic (exact) mass is 569 g/mol. The van der Waals surface area contributed by atoms with Crippen LogP contribution in [0.25, 0.3) is 0 Å². The topological polar surface area (TPSA) is 41.5 Å². The summed E-state index contributed by atoms with van der Waals surface area (Å²) in [7, 11) is 0. The standard InChI is InChI=1S/C26H21F10NO2/c1-15-8-10-19(11-9-15)39-20-7-3-5-17(13-20)22(37-14-21(38)24(29,30)31)16-4-2-6-18(12-16)23(27,28)25(32,33)26(34,35)36/h2-13,21-22,37-38H,14H2,1H3. The highest BCUT2D eigenvalue weighted by molar-refractivity contribution is 5.41. The van der Waals surface area contributed by atoms with Crippen LogP contribution >= 0.6 is 0 Å². The van der Waals surface area contributed by atoms with Crippen molar-refractivity contribution in [2.24, 2.45) is 0 Å². The lowest BCUT2D eigenvalue weighted by Crippen LogP contribution is -2.50. The van der Waals surface area contributed by atoms with E-state index in [0.29, 0.717) is 17.9 Å². The molecule has 0 heterocycles. The third kappa shape index (κ3) is 6.82. The first-order valence-corrected chi connectivity index (χ1v) is 11.2. The highest BCUT2D eigenvalue weighted by atomic mass is 19.4. The van der Waals surface area contributed by atoms with E-state index >= 15 is 0 Å². The molecule has 0 amide bonds. The third-order valence-electron chi connectivity index (χ3n) is 5.67.